The van der Waals surface area contributed by atoms with Crippen molar-refractivity contribution in [2.24, 2.45) is 11.7 Å². The highest BCUT2D eigenvalue weighted by atomic mass is 19.1. The van der Waals surface area contributed by atoms with Crippen molar-refractivity contribution in [3.05, 3.63) is 81.9 Å². The summed E-state index contributed by atoms with van der Waals surface area (Å²) >= 11 is 0. The quantitative estimate of drug-likeness (QED) is 0.337. The standard InChI is InChI=1S/C33H31FN4O4/c1-19(39)36-10-12-37(13-11-36)33(41)26-18-38-28-15-21-4-2-3-5-22(21)16-29(28)42-32-24(9-7-20-6-8-23(35)14-20)27(34)17-25(30(32)38)31(26)40/h2-5,7,9,15-18,20,23H,6,8,10-14,35H2,1H3/b9-7+. The van der Waals surface area contributed by atoms with Crippen LogP contribution in [0.1, 0.15) is 42.1 Å². The number of pyridine rings is 1. The number of carbonyl (C=O) groups excluding carboxylic acids is 2. The summed E-state index contributed by atoms with van der Waals surface area (Å²) in [5, 5.41) is 1.99. The van der Waals surface area contributed by atoms with E-state index in [1.165, 1.54) is 13.0 Å². The highest BCUT2D eigenvalue weighted by molar-refractivity contribution is 6.01. The fourth-order valence-electron chi connectivity index (χ4n) is 6.48. The van der Waals surface area contributed by atoms with Gasteiger partial charge in [-0.3, -0.25) is 14.4 Å². The molecule has 1 aliphatic carbocycles. The molecule has 0 radical (unpaired) electrons. The predicted molar refractivity (Wildman–Crippen MR) is 160 cm³/mol. The largest absolute Gasteiger partial charge is 0.452 e. The van der Waals surface area contributed by atoms with E-state index in [1.54, 1.807) is 26.6 Å². The molecule has 214 valence electrons. The number of amides is 2. The molecule has 2 fully saturated rings. The Morgan fingerprint density at radius 1 is 1.02 bits per heavy atom. The van der Waals surface area contributed by atoms with Gasteiger partial charge in [0.05, 0.1) is 16.6 Å². The van der Waals surface area contributed by atoms with Gasteiger partial charge in [-0.15, -0.1) is 0 Å². The van der Waals surface area contributed by atoms with Crippen molar-refractivity contribution in [1.29, 1.82) is 0 Å². The molecule has 42 heavy (non-hydrogen) atoms. The van der Waals surface area contributed by atoms with Crippen molar-refractivity contribution in [1.82, 2.24) is 14.4 Å². The van der Waals surface area contributed by atoms with Crippen LogP contribution in [0.4, 0.5) is 4.39 Å². The van der Waals surface area contributed by atoms with Gasteiger partial charge in [0.25, 0.3) is 5.91 Å². The van der Waals surface area contributed by atoms with Crippen molar-refractivity contribution >= 4 is 39.6 Å². The normalized spacial score (nSPS) is 19.9. The molecule has 4 aromatic rings. The molecular formula is C33H31FN4O4. The molecule has 0 spiro atoms. The van der Waals surface area contributed by atoms with Crippen molar-refractivity contribution in [3.63, 3.8) is 0 Å². The first kappa shape index (κ1) is 26.4. The second-order valence-electron chi connectivity index (χ2n) is 11.5. The third-order valence-corrected chi connectivity index (χ3v) is 8.82. The summed E-state index contributed by atoms with van der Waals surface area (Å²) < 4.78 is 24.0. The summed E-state index contributed by atoms with van der Waals surface area (Å²) in [6.45, 7) is 2.92. The number of rotatable bonds is 3. The molecule has 3 aromatic carbocycles. The Kier molecular flexibility index (Phi) is 6.35. The number of nitrogens with zero attached hydrogens (tertiary/aromatic N) is 3. The fourth-order valence-corrected chi connectivity index (χ4v) is 6.48. The van der Waals surface area contributed by atoms with E-state index in [0.717, 1.165) is 30.0 Å². The van der Waals surface area contributed by atoms with Crippen LogP contribution in [-0.4, -0.2) is 58.4 Å². The van der Waals surface area contributed by atoms with E-state index in [1.807, 2.05) is 42.5 Å². The van der Waals surface area contributed by atoms with E-state index < -0.39 is 17.2 Å². The van der Waals surface area contributed by atoms with E-state index in [-0.39, 0.29) is 40.1 Å². The van der Waals surface area contributed by atoms with Crippen molar-refractivity contribution < 1.29 is 18.7 Å². The van der Waals surface area contributed by atoms with Crippen molar-refractivity contribution in [2.45, 2.75) is 32.2 Å². The Balaban J connectivity index is 1.41. The van der Waals surface area contributed by atoms with E-state index >= 15 is 4.39 Å². The Hall–Kier alpha value is -4.50. The van der Waals surface area contributed by atoms with Crippen LogP contribution in [0.25, 0.3) is 33.4 Å². The molecule has 3 heterocycles. The zero-order valence-corrected chi connectivity index (χ0v) is 23.3. The highest BCUT2D eigenvalue weighted by Crippen LogP contribution is 2.45. The van der Waals surface area contributed by atoms with Crippen molar-refractivity contribution in [3.8, 4) is 17.2 Å². The molecular weight excluding hydrogens is 535 g/mol. The van der Waals surface area contributed by atoms with Gasteiger partial charge in [-0.05, 0) is 54.2 Å². The molecule has 8 nitrogen and oxygen atoms in total. The Morgan fingerprint density at radius 3 is 2.43 bits per heavy atom. The van der Waals surface area contributed by atoms with Gasteiger partial charge < -0.3 is 24.8 Å². The number of hydrogen-bond donors (Lipinski definition) is 1. The van der Waals surface area contributed by atoms with Crippen LogP contribution in [0, 0.1) is 11.7 Å². The number of aromatic nitrogens is 1. The average Bonchev–Trinajstić information content (AvgIpc) is 3.41. The lowest BCUT2D eigenvalue weighted by atomic mass is 10.00. The summed E-state index contributed by atoms with van der Waals surface area (Å²) in [5.41, 5.74) is 6.83. The number of halogens is 1. The lowest BCUT2D eigenvalue weighted by Crippen LogP contribution is -2.50. The molecule has 7 rings (SSSR count). The smallest absolute Gasteiger partial charge is 0.259 e. The van der Waals surface area contributed by atoms with Crippen LogP contribution in [0.5, 0.6) is 11.5 Å². The molecule has 2 atom stereocenters. The van der Waals surface area contributed by atoms with Gasteiger partial charge in [0.2, 0.25) is 11.3 Å². The first-order valence-electron chi connectivity index (χ1n) is 14.4. The van der Waals surface area contributed by atoms with E-state index in [9.17, 15) is 14.4 Å². The van der Waals surface area contributed by atoms with Crippen LogP contribution >= 0.6 is 0 Å². The van der Waals surface area contributed by atoms with Crippen LogP contribution in [0.15, 0.2) is 59.5 Å². The minimum Gasteiger partial charge on any atom is -0.452 e. The Bertz CT molecular complexity index is 1870. The molecule has 2 unspecified atom stereocenters. The van der Waals surface area contributed by atoms with Gasteiger partial charge in [0, 0.05) is 45.3 Å². The maximum Gasteiger partial charge on any atom is 0.259 e. The molecule has 9 heteroatoms. The maximum atomic E-state index is 15.9. The summed E-state index contributed by atoms with van der Waals surface area (Å²) in [6, 6.07) is 13.0. The van der Waals surface area contributed by atoms with Gasteiger partial charge in [-0.1, -0.05) is 36.4 Å². The molecule has 2 aliphatic heterocycles. The van der Waals surface area contributed by atoms with Gasteiger partial charge in [-0.2, -0.15) is 0 Å². The van der Waals surface area contributed by atoms with Crippen LogP contribution < -0.4 is 15.9 Å². The Labute approximate surface area is 241 Å². The first-order valence-corrected chi connectivity index (χ1v) is 14.4. The zero-order chi connectivity index (χ0) is 29.1. The number of allylic oxidation sites excluding steroid dienone is 1. The minimum atomic E-state index is -0.594. The van der Waals surface area contributed by atoms with Gasteiger partial charge in [0.1, 0.15) is 16.9 Å². The number of nitrogens with two attached hydrogens (primary N) is 1. The third-order valence-electron chi connectivity index (χ3n) is 8.82. The molecule has 0 bridgehead atoms. The van der Waals surface area contributed by atoms with Gasteiger partial charge in [-0.25, -0.2) is 4.39 Å². The molecule has 2 N–H and O–H groups in total. The van der Waals surface area contributed by atoms with Gasteiger partial charge in [0.15, 0.2) is 11.5 Å². The lowest BCUT2D eigenvalue weighted by molar-refractivity contribution is -0.130. The zero-order valence-electron chi connectivity index (χ0n) is 23.3. The summed E-state index contributed by atoms with van der Waals surface area (Å²) in [4.78, 5) is 42.6. The molecule has 1 saturated heterocycles. The predicted octanol–water partition coefficient (Wildman–Crippen LogP) is 4.83. The molecule has 3 aliphatic rings. The van der Waals surface area contributed by atoms with E-state index in [0.29, 0.717) is 43.1 Å². The topological polar surface area (TPSA) is 97.9 Å². The fraction of sp³-hybridized carbons (Fsp3) is 0.303. The third kappa shape index (κ3) is 4.36. The molecule has 1 aromatic heterocycles. The van der Waals surface area contributed by atoms with Crippen molar-refractivity contribution in [2.75, 3.05) is 26.2 Å². The second kappa shape index (κ2) is 10.1. The van der Waals surface area contributed by atoms with Gasteiger partial charge >= 0.3 is 0 Å². The summed E-state index contributed by atoms with van der Waals surface area (Å²) in [6.07, 6.45) is 7.99. The SMILES string of the molecule is CC(=O)N1CCN(C(=O)c2cn3c4c(c(/C=C/C5CCC(N)C5)c(F)cc4c2=O)Oc2cc4ccccc4cc2-3)CC1. The van der Waals surface area contributed by atoms with E-state index in [4.69, 9.17) is 10.5 Å². The molecule has 1 saturated carbocycles. The number of ether oxygens (including phenoxy) is 1. The highest BCUT2D eigenvalue weighted by Gasteiger charge is 2.31. The maximum absolute atomic E-state index is 15.9. The van der Waals surface area contributed by atoms with Crippen LogP contribution in [0.2, 0.25) is 0 Å². The number of fused-ring (bicyclic) bond motifs is 3. The second-order valence-corrected chi connectivity index (χ2v) is 11.5. The van der Waals surface area contributed by atoms with Crippen LogP contribution in [-0.2, 0) is 4.79 Å². The number of hydrogen-bond acceptors (Lipinski definition) is 5. The van der Waals surface area contributed by atoms with Crippen LogP contribution in [0.3, 0.4) is 0 Å². The summed E-state index contributed by atoms with van der Waals surface area (Å²) in [5.74, 6) is -0.0902. The number of carbonyl (C=O) groups is 2. The number of benzene rings is 3. The Morgan fingerprint density at radius 2 is 1.74 bits per heavy atom. The monoisotopic (exact) mass is 566 g/mol. The average molecular weight is 567 g/mol. The minimum absolute atomic E-state index is 0.0478. The first-order chi connectivity index (χ1) is 20.3. The molecule has 2 amide bonds. The lowest BCUT2D eigenvalue weighted by Gasteiger charge is -2.34. The number of piperazine rings is 1. The summed E-state index contributed by atoms with van der Waals surface area (Å²) in [7, 11) is 0. The van der Waals surface area contributed by atoms with E-state index in [2.05, 4.69) is 0 Å².